The lowest BCUT2D eigenvalue weighted by atomic mass is 10.1. The minimum Gasteiger partial charge on any atom is -0.363 e. The van der Waals surface area contributed by atoms with Crippen LogP contribution in [0.5, 0.6) is 0 Å². The molecule has 13 heteroatoms. The average Bonchev–Trinajstić information content (AvgIpc) is 2.59. The molecule has 1 amide bonds. The van der Waals surface area contributed by atoms with Gasteiger partial charge in [-0.25, -0.2) is 0 Å². The molecule has 0 saturated heterocycles. The van der Waals surface area contributed by atoms with E-state index in [1.807, 2.05) is 4.90 Å². The summed E-state index contributed by atoms with van der Waals surface area (Å²) in [5.74, 6) is -0.456. The molecule has 0 atom stereocenters. The molecule has 10 nitrogen and oxygen atoms in total. The number of carbonyl (C=O) groups excluding carboxylic acids is 1. The first-order valence-electron chi connectivity index (χ1n) is 7.99. The van der Waals surface area contributed by atoms with Crippen LogP contribution < -0.4 is 10.2 Å². The van der Waals surface area contributed by atoms with Gasteiger partial charge in [0.15, 0.2) is 0 Å². The average molecular weight is 459 g/mol. The van der Waals surface area contributed by atoms with Gasteiger partial charge < -0.3 is 15.1 Å². The molecule has 0 aliphatic carbocycles. The maximum atomic E-state index is 12.3. The van der Waals surface area contributed by atoms with E-state index in [1.165, 1.54) is 4.90 Å². The third-order valence-corrected chi connectivity index (χ3v) is 3.96. The molecule has 1 rings (SSSR count). The summed E-state index contributed by atoms with van der Waals surface area (Å²) < 4.78 is 0. The second kappa shape index (κ2) is 12.6. The normalized spacial score (nSPS) is 10.3. The van der Waals surface area contributed by atoms with Crippen LogP contribution in [0.25, 0.3) is 0 Å². The smallest absolute Gasteiger partial charge is 0.293 e. The van der Waals surface area contributed by atoms with Gasteiger partial charge in [-0.2, -0.15) is 0 Å². The van der Waals surface area contributed by atoms with Crippen molar-refractivity contribution in [1.29, 1.82) is 0 Å². The lowest BCUT2D eigenvalue weighted by Gasteiger charge is -2.22. The minimum absolute atomic E-state index is 0. The molecule has 1 aromatic rings. The van der Waals surface area contributed by atoms with Gasteiger partial charge in [0.25, 0.3) is 17.3 Å². The van der Waals surface area contributed by atoms with Gasteiger partial charge in [-0.15, -0.1) is 35.6 Å². The summed E-state index contributed by atoms with van der Waals surface area (Å²) in [5.41, 5.74) is -1.32. The Morgan fingerprint density at radius 1 is 1.04 bits per heavy atom. The van der Waals surface area contributed by atoms with Gasteiger partial charge in [0.2, 0.25) is 0 Å². The molecule has 1 N–H and O–H groups in total. The number of amides is 1. The van der Waals surface area contributed by atoms with E-state index in [0.717, 1.165) is 12.1 Å². The quantitative estimate of drug-likeness (QED) is 0.307. The Bertz CT molecular complexity index is 699. The van der Waals surface area contributed by atoms with Crippen molar-refractivity contribution in [1.82, 2.24) is 10.2 Å². The van der Waals surface area contributed by atoms with E-state index in [9.17, 15) is 25.0 Å². The molecular weight excluding hydrogens is 437 g/mol. The van der Waals surface area contributed by atoms with Gasteiger partial charge in [0.1, 0.15) is 11.3 Å². The van der Waals surface area contributed by atoms with Gasteiger partial charge in [0, 0.05) is 50.1 Å². The Morgan fingerprint density at radius 2 is 1.57 bits per heavy atom. The molecule has 0 heterocycles. The molecule has 0 fully saturated rings. The number of rotatable bonds is 11. The van der Waals surface area contributed by atoms with Crippen LogP contribution in [-0.2, 0) is 0 Å². The van der Waals surface area contributed by atoms with Gasteiger partial charge in [-0.3, -0.25) is 25.0 Å². The predicted octanol–water partition coefficient (Wildman–Crippen LogP) is 2.50. The van der Waals surface area contributed by atoms with E-state index in [-0.39, 0.29) is 55.1 Å². The number of nitro groups is 2. The number of nitrogens with zero attached hydrogens (tertiary/aromatic N) is 4. The summed E-state index contributed by atoms with van der Waals surface area (Å²) in [6.07, 6.45) is 0. The first-order chi connectivity index (χ1) is 12.7. The molecule has 0 aliphatic heterocycles. The maximum absolute atomic E-state index is 12.3. The molecule has 0 aromatic heterocycles. The number of halogens is 3. The molecule has 0 aliphatic rings. The SMILES string of the molecule is CN(C)CCNC(=O)c1cc([N+](=O)[O-])c(N(CCCl)CCCl)cc1[N+](=O)[O-].Cl. The van der Waals surface area contributed by atoms with E-state index in [0.29, 0.717) is 6.54 Å². The number of anilines is 1. The summed E-state index contributed by atoms with van der Waals surface area (Å²) in [4.78, 5) is 37.2. The number of benzene rings is 1. The van der Waals surface area contributed by atoms with Gasteiger partial charge in [-0.1, -0.05) is 0 Å². The number of likely N-dealkylation sites (N-methyl/N-ethyl adjacent to an activating group) is 1. The Balaban J connectivity index is 0.00000729. The van der Waals surface area contributed by atoms with Crippen molar-refractivity contribution in [3.8, 4) is 0 Å². The molecule has 0 saturated carbocycles. The Morgan fingerprint density at radius 3 is 2.00 bits per heavy atom. The van der Waals surface area contributed by atoms with Gasteiger partial charge in [-0.05, 0) is 14.1 Å². The van der Waals surface area contributed by atoms with Crippen LogP contribution in [0.2, 0.25) is 0 Å². The fourth-order valence-electron chi connectivity index (χ4n) is 2.34. The molecule has 0 radical (unpaired) electrons. The zero-order valence-electron chi connectivity index (χ0n) is 15.4. The third-order valence-electron chi connectivity index (χ3n) is 3.63. The summed E-state index contributed by atoms with van der Waals surface area (Å²) in [6.45, 7) is 1.17. The van der Waals surface area contributed by atoms with Crippen LogP contribution >= 0.6 is 35.6 Å². The van der Waals surface area contributed by atoms with Crippen molar-refractivity contribution in [3.63, 3.8) is 0 Å². The molecule has 0 spiro atoms. The number of alkyl halides is 2. The number of carbonyl (C=O) groups is 1. The zero-order chi connectivity index (χ0) is 20.6. The highest BCUT2D eigenvalue weighted by molar-refractivity contribution is 6.18. The Kier molecular flexibility index (Phi) is 11.7. The van der Waals surface area contributed by atoms with Gasteiger partial charge in [0.05, 0.1) is 9.85 Å². The Hall–Kier alpha value is -1.88. The first-order valence-corrected chi connectivity index (χ1v) is 9.06. The van der Waals surface area contributed by atoms with Gasteiger partial charge >= 0.3 is 0 Å². The van der Waals surface area contributed by atoms with E-state index in [1.54, 1.807) is 14.1 Å². The highest BCUT2D eigenvalue weighted by Crippen LogP contribution is 2.35. The Labute approximate surface area is 178 Å². The van der Waals surface area contributed by atoms with Crippen molar-refractivity contribution in [2.75, 3.05) is 56.9 Å². The van der Waals surface area contributed by atoms with E-state index >= 15 is 0 Å². The van der Waals surface area contributed by atoms with E-state index < -0.39 is 27.1 Å². The standard InChI is InChI=1S/C15H21Cl2N5O5.ClH/c1-19(2)8-5-18-15(23)11-9-14(22(26)27)13(10-12(11)21(24)25)20(6-3-16)7-4-17;/h9-10H,3-8H2,1-2H3,(H,18,23);1H. The predicted molar refractivity (Wildman–Crippen MR) is 112 cm³/mol. The first kappa shape index (κ1) is 26.1. The monoisotopic (exact) mass is 457 g/mol. The summed E-state index contributed by atoms with van der Waals surface area (Å²) >= 11 is 11.4. The molecular formula is C15H22Cl3N5O5. The van der Waals surface area contributed by atoms with Crippen LogP contribution in [0.4, 0.5) is 17.1 Å². The third kappa shape index (κ3) is 7.27. The molecule has 0 unspecified atom stereocenters. The van der Waals surface area contributed by atoms with E-state index in [2.05, 4.69) is 5.32 Å². The zero-order valence-corrected chi connectivity index (χ0v) is 17.7. The molecule has 158 valence electrons. The highest BCUT2D eigenvalue weighted by Gasteiger charge is 2.30. The van der Waals surface area contributed by atoms with Crippen LogP contribution in [0.1, 0.15) is 10.4 Å². The largest absolute Gasteiger partial charge is 0.363 e. The van der Waals surface area contributed by atoms with Crippen molar-refractivity contribution in [2.24, 2.45) is 0 Å². The van der Waals surface area contributed by atoms with Crippen molar-refractivity contribution < 1.29 is 14.6 Å². The second-order valence-electron chi connectivity index (χ2n) is 5.80. The summed E-state index contributed by atoms with van der Waals surface area (Å²) in [7, 11) is 3.60. The van der Waals surface area contributed by atoms with Crippen LogP contribution in [0.15, 0.2) is 12.1 Å². The van der Waals surface area contributed by atoms with Crippen LogP contribution in [0, 0.1) is 20.2 Å². The number of hydrogen-bond acceptors (Lipinski definition) is 7. The molecule has 0 bridgehead atoms. The fourth-order valence-corrected chi connectivity index (χ4v) is 2.75. The summed E-state index contributed by atoms with van der Waals surface area (Å²) in [6, 6.07) is 1.95. The van der Waals surface area contributed by atoms with E-state index in [4.69, 9.17) is 23.2 Å². The van der Waals surface area contributed by atoms with Crippen LogP contribution in [0.3, 0.4) is 0 Å². The van der Waals surface area contributed by atoms with Crippen LogP contribution in [-0.4, -0.2) is 72.7 Å². The maximum Gasteiger partial charge on any atom is 0.293 e. The van der Waals surface area contributed by atoms with Crippen molar-refractivity contribution in [3.05, 3.63) is 37.9 Å². The fraction of sp³-hybridized carbons (Fsp3) is 0.533. The lowest BCUT2D eigenvalue weighted by Crippen LogP contribution is -2.32. The van der Waals surface area contributed by atoms with Crippen molar-refractivity contribution in [2.45, 2.75) is 0 Å². The molecule has 28 heavy (non-hydrogen) atoms. The number of nitrogens with one attached hydrogen (secondary N) is 1. The number of nitro benzene ring substituents is 2. The second-order valence-corrected chi connectivity index (χ2v) is 6.55. The molecule has 1 aromatic carbocycles. The van der Waals surface area contributed by atoms with Crippen molar-refractivity contribution >= 4 is 58.6 Å². The highest BCUT2D eigenvalue weighted by atomic mass is 35.5. The summed E-state index contributed by atoms with van der Waals surface area (Å²) in [5, 5.41) is 25.5. The topological polar surface area (TPSA) is 122 Å². The lowest BCUT2D eigenvalue weighted by molar-refractivity contribution is -0.388. The minimum atomic E-state index is -0.751. The number of hydrogen-bond donors (Lipinski definition) is 1.